The number of hydrogen-bond donors (Lipinski definition) is 0. The highest BCUT2D eigenvalue weighted by Crippen LogP contribution is 2.29. The summed E-state index contributed by atoms with van der Waals surface area (Å²) < 4.78 is 13.3. The Bertz CT molecular complexity index is 752. The Morgan fingerprint density at radius 1 is 1.19 bits per heavy atom. The molecule has 2 nitrogen and oxygen atoms in total. The number of Topliss-reactive ketones (excluding diaryl/α,β-unsaturated/α-hetero) is 1. The zero-order valence-electron chi connectivity index (χ0n) is 11.0. The summed E-state index contributed by atoms with van der Waals surface area (Å²) in [7, 11) is 0. The van der Waals surface area contributed by atoms with Crippen LogP contribution in [0.15, 0.2) is 36.4 Å². The topological polar surface area (TPSA) is 40.9 Å². The fraction of sp³-hybridized carbons (Fsp3) is 0.125. The Hall–Kier alpha value is -1.89. The van der Waals surface area contributed by atoms with Crippen molar-refractivity contribution < 1.29 is 9.18 Å². The molecule has 0 fully saturated rings. The summed E-state index contributed by atoms with van der Waals surface area (Å²) in [5.41, 5.74) is 1.23. The van der Waals surface area contributed by atoms with E-state index in [9.17, 15) is 14.4 Å². The van der Waals surface area contributed by atoms with Gasteiger partial charge in [-0.05, 0) is 42.3 Å². The Kier molecular flexibility index (Phi) is 4.62. The molecule has 2 aromatic rings. The third-order valence-corrected chi connectivity index (χ3v) is 3.87. The highest BCUT2D eigenvalue weighted by Gasteiger charge is 2.24. The van der Waals surface area contributed by atoms with Gasteiger partial charge in [0.15, 0.2) is 5.78 Å². The van der Waals surface area contributed by atoms with Crippen LogP contribution in [0.25, 0.3) is 0 Å². The number of aryl methyl sites for hydroxylation is 1. The van der Waals surface area contributed by atoms with Crippen molar-refractivity contribution in [3.05, 3.63) is 69.0 Å². The van der Waals surface area contributed by atoms with Crippen molar-refractivity contribution in [1.29, 1.82) is 5.26 Å². The fourth-order valence-electron chi connectivity index (χ4n) is 1.99. The molecule has 0 aliphatic carbocycles. The first kappa shape index (κ1) is 15.5. The standard InChI is InChI=1S/C16H10Cl2FNO/c1-9-2-4-11(19)7-12(9)16(21)13(8-20)10-3-5-14(17)15(18)6-10/h2-7,13H,1H3. The van der Waals surface area contributed by atoms with Crippen LogP contribution in [0.5, 0.6) is 0 Å². The smallest absolute Gasteiger partial charge is 0.184 e. The monoisotopic (exact) mass is 321 g/mol. The maximum Gasteiger partial charge on any atom is 0.184 e. The Balaban J connectivity index is 2.46. The average molecular weight is 322 g/mol. The van der Waals surface area contributed by atoms with Gasteiger partial charge in [-0.25, -0.2) is 4.39 Å². The minimum Gasteiger partial charge on any atom is -0.292 e. The summed E-state index contributed by atoms with van der Waals surface area (Å²) in [5, 5.41) is 9.89. The first-order chi connectivity index (χ1) is 9.93. The Labute approximate surface area is 131 Å². The molecule has 0 aromatic heterocycles. The highest BCUT2D eigenvalue weighted by molar-refractivity contribution is 6.42. The van der Waals surface area contributed by atoms with Crippen molar-refractivity contribution in [3.63, 3.8) is 0 Å². The minimum absolute atomic E-state index is 0.188. The molecule has 2 rings (SSSR count). The van der Waals surface area contributed by atoms with Crippen molar-refractivity contribution in [3.8, 4) is 6.07 Å². The van der Waals surface area contributed by atoms with Gasteiger partial charge in [-0.1, -0.05) is 35.3 Å². The van der Waals surface area contributed by atoms with E-state index in [1.807, 2.05) is 6.07 Å². The number of hydrogen-bond acceptors (Lipinski definition) is 2. The van der Waals surface area contributed by atoms with Gasteiger partial charge in [0.25, 0.3) is 0 Å². The van der Waals surface area contributed by atoms with Crippen LogP contribution in [0.3, 0.4) is 0 Å². The fourth-order valence-corrected chi connectivity index (χ4v) is 2.30. The molecule has 0 radical (unpaired) electrons. The van der Waals surface area contributed by atoms with E-state index >= 15 is 0 Å². The van der Waals surface area contributed by atoms with E-state index < -0.39 is 17.5 Å². The van der Waals surface area contributed by atoms with E-state index in [-0.39, 0.29) is 10.6 Å². The van der Waals surface area contributed by atoms with Gasteiger partial charge in [-0.2, -0.15) is 5.26 Å². The molecule has 0 saturated heterocycles. The van der Waals surface area contributed by atoms with E-state index in [1.54, 1.807) is 13.0 Å². The third kappa shape index (κ3) is 3.24. The second-order valence-corrected chi connectivity index (χ2v) is 5.37. The molecule has 0 saturated carbocycles. The summed E-state index contributed by atoms with van der Waals surface area (Å²) in [6.45, 7) is 1.69. The summed E-state index contributed by atoms with van der Waals surface area (Å²) in [4.78, 5) is 12.5. The molecule has 0 aliphatic heterocycles. The molecular weight excluding hydrogens is 312 g/mol. The van der Waals surface area contributed by atoms with Crippen molar-refractivity contribution in [1.82, 2.24) is 0 Å². The molecule has 0 spiro atoms. The van der Waals surface area contributed by atoms with Crippen LogP contribution in [-0.2, 0) is 0 Å². The molecule has 0 aliphatic rings. The van der Waals surface area contributed by atoms with Crippen molar-refractivity contribution in [2.45, 2.75) is 12.8 Å². The number of nitrogens with zero attached hydrogens (tertiary/aromatic N) is 1. The van der Waals surface area contributed by atoms with Crippen LogP contribution in [-0.4, -0.2) is 5.78 Å². The van der Waals surface area contributed by atoms with Gasteiger partial charge in [0.05, 0.1) is 16.1 Å². The number of nitriles is 1. The van der Waals surface area contributed by atoms with Gasteiger partial charge in [0.2, 0.25) is 0 Å². The van der Waals surface area contributed by atoms with Gasteiger partial charge in [-0.15, -0.1) is 0 Å². The normalized spacial score (nSPS) is 11.8. The van der Waals surface area contributed by atoms with Crippen LogP contribution in [0.2, 0.25) is 10.0 Å². The zero-order chi connectivity index (χ0) is 15.6. The van der Waals surface area contributed by atoms with Gasteiger partial charge in [-0.3, -0.25) is 4.79 Å². The molecule has 5 heteroatoms. The molecule has 2 aromatic carbocycles. The maximum atomic E-state index is 13.3. The van der Waals surface area contributed by atoms with E-state index in [0.717, 1.165) is 6.07 Å². The second-order valence-electron chi connectivity index (χ2n) is 4.56. The average Bonchev–Trinajstić information content (AvgIpc) is 2.46. The molecule has 1 atom stereocenters. The van der Waals surface area contributed by atoms with Crippen molar-refractivity contribution >= 4 is 29.0 Å². The molecule has 0 amide bonds. The lowest BCUT2D eigenvalue weighted by Crippen LogP contribution is -2.13. The van der Waals surface area contributed by atoms with Crippen LogP contribution >= 0.6 is 23.2 Å². The Morgan fingerprint density at radius 3 is 2.52 bits per heavy atom. The lowest BCUT2D eigenvalue weighted by atomic mass is 9.90. The van der Waals surface area contributed by atoms with Crippen LogP contribution in [0.4, 0.5) is 4.39 Å². The highest BCUT2D eigenvalue weighted by atomic mass is 35.5. The largest absolute Gasteiger partial charge is 0.292 e. The van der Waals surface area contributed by atoms with Crippen LogP contribution in [0, 0.1) is 24.1 Å². The number of halogens is 3. The lowest BCUT2D eigenvalue weighted by Gasteiger charge is -2.11. The molecule has 21 heavy (non-hydrogen) atoms. The third-order valence-electron chi connectivity index (χ3n) is 3.13. The van der Waals surface area contributed by atoms with E-state index in [1.165, 1.54) is 24.3 Å². The van der Waals surface area contributed by atoms with Crippen molar-refractivity contribution in [2.24, 2.45) is 0 Å². The van der Waals surface area contributed by atoms with Crippen LogP contribution in [0.1, 0.15) is 27.4 Å². The van der Waals surface area contributed by atoms with Gasteiger partial charge in [0.1, 0.15) is 11.7 Å². The number of benzene rings is 2. The number of carbonyl (C=O) groups excluding carboxylic acids is 1. The summed E-state index contributed by atoms with van der Waals surface area (Å²) >= 11 is 11.7. The second kappa shape index (κ2) is 6.26. The molecule has 1 unspecified atom stereocenters. The molecule has 106 valence electrons. The number of rotatable bonds is 3. The van der Waals surface area contributed by atoms with E-state index in [0.29, 0.717) is 16.1 Å². The predicted molar refractivity (Wildman–Crippen MR) is 80.3 cm³/mol. The summed E-state index contributed by atoms with van der Waals surface area (Å²) in [6, 6.07) is 10.4. The molecular formula is C16H10Cl2FNO. The predicted octanol–water partition coefficient (Wildman–Crippen LogP) is 4.93. The van der Waals surface area contributed by atoms with E-state index in [2.05, 4.69) is 0 Å². The zero-order valence-corrected chi connectivity index (χ0v) is 12.5. The number of ketones is 1. The van der Waals surface area contributed by atoms with Crippen molar-refractivity contribution in [2.75, 3.05) is 0 Å². The summed E-state index contributed by atoms with van der Waals surface area (Å²) in [6.07, 6.45) is 0. The van der Waals surface area contributed by atoms with Gasteiger partial charge >= 0.3 is 0 Å². The van der Waals surface area contributed by atoms with Gasteiger partial charge < -0.3 is 0 Å². The lowest BCUT2D eigenvalue weighted by molar-refractivity contribution is 0.0978. The number of carbonyl (C=O) groups is 1. The van der Waals surface area contributed by atoms with E-state index in [4.69, 9.17) is 23.2 Å². The molecule has 0 N–H and O–H groups in total. The molecule has 0 bridgehead atoms. The quantitative estimate of drug-likeness (QED) is 0.752. The molecule has 0 heterocycles. The first-order valence-corrected chi connectivity index (χ1v) is 6.84. The first-order valence-electron chi connectivity index (χ1n) is 6.09. The maximum absolute atomic E-state index is 13.3. The minimum atomic E-state index is -1.06. The SMILES string of the molecule is Cc1ccc(F)cc1C(=O)C(C#N)c1ccc(Cl)c(Cl)c1. The Morgan fingerprint density at radius 2 is 1.90 bits per heavy atom. The summed E-state index contributed by atoms with van der Waals surface area (Å²) in [5.74, 6) is -2.04. The van der Waals surface area contributed by atoms with Crippen LogP contribution < -0.4 is 0 Å². The van der Waals surface area contributed by atoms with Gasteiger partial charge in [0, 0.05) is 5.56 Å².